The molecular weight excluding hydrogens is 459 g/mol. The third kappa shape index (κ3) is 6.40. The van der Waals surface area contributed by atoms with Crippen molar-refractivity contribution in [2.75, 3.05) is 33.0 Å². The minimum atomic E-state index is -1.06. The Bertz CT molecular complexity index is 1170. The summed E-state index contributed by atoms with van der Waals surface area (Å²) in [7, 11) is 5.57. The van der Waals surface area contributed by atoms with E-state index in [4.69, 9.17) is 0 Å². The number of hydrogen-bond acceptors (Lipinski definition) is 5. The Morgan fingerprint density at radius 3 is 2.59 bits per heavy atom. The number of fused-ring (bicyclic) bond motifs is 1. The zero-order valence-electron chi connectivity index (χ0n) is 19.4. The molecule has 1 aliphatic carbocycles. The summed E-state index contributed by atoms with van der Waals surface area (Å²) in [5.74, 6) is -2.21. The molecule has 1 aliphatic rings. The quantitative estimate of drug-likeness (QED) is 0.515. The summed E-state index contributed by atoms with van der Waals surface area (Å²) in [6.45, 7) is 0.829. The van der Waals surface area contributed by atoms with E-state index in [0.717, 1.165) is 13.0 Å². The van der Waals surface area contributed by atoms with Crippen LogP contribution in [-0.2, 0) is 22.4 Å². The number of benzene rings is 2. The van der Waals surface area contributed by atoms with E-state index >= 15 is 0 Å². The van der Waals surface area contributed by atoms with Gasteiger partial charge in [-0.05, 0) is 73.1 Å². The predicted molar refractivity (Wildman–Crippen MR) is 134 cm³/mol. The number of anilines is 1. The van der Waals surface area contributed by atoms with E-state index < -0.39 is 11.8 Å². The topological polar surface area (TPSA) is 86.7 Å². The smallest absolute Gasteiger partial charge is 0.335 e. The highest BCUT2D eigenvalue weighted by atomic mass is 35.5. The van der Waals surface area contributed by atoms with Crippen LogP contribution in [0, 0.1) is 5.82 Å². The number of nitrogens with one attached hydrogen (secondary N) is 1. The van der Waals surface area contributed by atoms with Gasteiger partial charge in [0, 0.05) is 32.1 Å². The lowest BCUT2D eigenvalue weighted by atomic mass is 9.86. The number of Topliss-reactive ketones (excluding diaryl/α,β-unsaturated/α-hetero) is 2. The number of hydrogen-bond donors (Lipinski definition) is 2. The molecule has 0 saturated carbocycles. The summed E-state index contributed by atoms with van der Waals surface area (Å²) < 4.78 is 14.0. The van der Waals surface area contributed by atoms with Gasteiger partial charge in [0.05, 0.1) is 11.1 Å². The first-order valence-electron chi connectivity index (χ1n) is 10.7. The van der Waals surface area contributed by atoms with Crippen LogP contribution in [0.5, 0.6) is 0 Å². The van der Waals surface area contributed by atoms with Crippen LogP contribution in [0.25, 0.3) is 12.2 Å². The molecule has 0 saturated heterocycles. The van der Waals surface area contributed by atoms with Gasteiger partial charge in [-0.25, -0.2) is 9.18 Å². The molecule has 3 rings (SSSR count). The second-order valence-corrected chi connectivity index (χ2v) is 8.24. The largest absolute Gasteiger partial charge is 0.478 e. The van der Waals surface area contributed by atoms with Crippen LogP contribution in [0.1, 0.15) is 39.0 Å². The Morgan fingerprint density at radius 2 is 1.94 bits per heavy atom. The number of nitrogens with zero attached hydrogens (tertiary/aromatic N) is 1. The van der Waals surface area contributed by atoms with Gasteiger partial charge in [0.25, 0.3) is 0 Å². The Kier molecular flexibility index (Phi) is 9.29. The van der Waals surface area contributed by atoms with Crippen molar-refractivity contribution in [3.8, 4) is 0 Å². The molecule has 2 N–H and O–H groups in total. The van der Waals surface area contributed by atoms with Gasteiger partial charge >= 0.3 is 5.97 Å². The van der Waals surface area contributed by atoms with Gasteiger partial charge in [-0.3, -0.25) is 9.59 Å². The summed E-state index contributed by atoms with van der Waals surface area (Å²) in [5, 5.41) is 12.2. The van der Waals surface area contributed by atoms with Crippen molar-refractivity contribution in [2.45, 2.75) is 19.3 Å². The molecule has 6 nitrogen and oxygen atoms in total. The number of carboxylic acid groups (broad SMARTS) is 1. The number of carboxylic acids is 1. The van der Waals surface area contributed by atoms with Crippen LogP contribution >= 0.6 is 12.4 Å². The predicted octanol–water partition coefficient (Wildman–Crippen LogP) is 4.27. The molecule has 0 bridgehead atoms. The Hall–Kier alpha value is -3.29. The summed E-state index contributed by atoms with van der Waals surface area (Å²) in [5.41, 5.74) is 3.09. The lowest BCUT2D eigenvalue weighted by Crippen LogP contribution is -2.21. The lowest BCUT2D eigenvalue weighted by molar-refractivity contribution is -0.120. The second kappa shape index (κ2) is 11.7. The van der Waals surface area contributed by atoms with Crippen molar-refractivity contribution in [3.05, 3.63) is 75.6 Å². The molecule has 2 aromatic rings. The van der Waals surface area contributed by atoms with Crippen molar-refractivity contribution >= 4 is 47.8 Å². The average molecular weight is 487 g/mol. The maximum Gasteiger partial charge on any atom is 0.335 e. The van der Waals surface area contributed by atoms with Crippen LogP contribution < -0.4 is 5.32 Å². The minimum absolute atomic E-state index is 0. The molecule has 0 aliphatic heterocycles. The standard InChI is InChI=1S/C26H27FN2O4.ClH/c1-28-23-14-20(27)11-19-12-22(25(31)15-21(19)23)24(30)13-17-7-8-18(26(32)33)10-16(17)6-4-5-9-29(2)3;/h4,6-8,10-12,14,28H,5,9,13,15H2,1-3H3,(H,32,33);1H/b6-4+;. The maximum absolute atomic E-state index is 14.0. The first-order valence-corrected chi connectivity index (χ1v) is 10.7. The molecule has 0 fully saturated rings. The zero-order valence-corrected chi connectivity index (χ0v) is 20.2. The molecule has 8 heteroatoms. The van der Waals surface area contributed by atoms with Crippen LogP contribution in [0.15, 0.2) is 42.0 Å². The van der Waals surface area contributed by atoms with Gasteiger partial charge in [-0.15, -0.1) is 12.4 Å². The average Bonchev–Trinajstić information content (AvgIpc) is 2.76. The highest BCUT2D eigenvalue weighted by molar-refractivity contribution is 6.25. The van der Waals surface area contributed by atoms with Crippen LogP contribution in [-0.4, -0.2) is 55.2 Å². The molecule has 0 aromatic heterocycles. The number of carbonyl (C=O) groups excluding carboxylic acids is 2. The van der Waals surface area contributed by atoms with E-state index in [0.29, 0.717) is 27.9 Å². The first-order chi connectivity index (χ1) is 15.7. The molecule has 0 unspecified atom stereocenters. The number of allylic oxidation sites excluding steroid dienone is 1. The van der Waals surface area contributed by atoms with Gasteiger partial charge in [0.15, 0.2) is 11.6 Å². The molecule has 2 aromatic carbocycles. The Balaban J connectivity index is 0.00000408. The van der Waals surface area contributed by atoms with Crippen molar-refractivity contribution in [1.82, 2.24) is 4.90 Å². The van der Waals surface area contributed by atoms with Gasteiger partial charge in [0.2, 0.25) is 0 Å². The normalized spacial score (nSPS) is 12.9. The fourth-order valence-electron chi connectivity index (χ4n) is 3.79. The molecule has 34 heavy (non-hydrogen) atoms. The zero-order chi connectivity index (χ0) is 24.1. The SMILES string of the molecule is CNc1cc(F)cc2c1CC(=O)C(C(=O)Cc1ccc(C(=O)O)cc1/C=C/CCN(C)C)=C2.Cl. The number of ketones is 2. The molecule has 0 heterocycles. The monoisotopic (exact) mass is 486 g/mol. The van der Waals surface area contributed by atoms with Crippen molar-refractivity contribution < 1.29 is 23.9 Å². The molecular formula is C26H28ClFN2O4. The molecule has 180 valence electrons. The molecule has 0 amide bonds. The van der Waals surface area contributed by atoms with Gasteiger partial charge in [-0.1, -0.05) is 18.2 Å². The first kappa shape index (κ1) is 27.0. The van der Waals surface area contributed by atoms with Crippen molar-refractivity contribution in [3.63, 3.8) is 0 Å². The summed E-state index contributed by atoms with van der Waals surface area (Å²) in [6.07, 6.45) is 5.90. The summed E-state index contributed by atoms with van der Waals surface area (Å²) >= 11 is 0. The van der Waals surface area contributed by atoms with E-state index in [2.05, 4.69) is 5.32 Å². The van der Waals surface area contributed by atoms with Crippen LogP contribution in [0.4, 0.5) is 10.1 Å². The van der Waals surface area contributed by atoms with Crippen molar-refractivity contribution in [1.29, 1.82) is 0 Å². The van der Waals surface area contributed by atoms with Crippen LogP contribution in [0.2, 0.25) is 0 Å². The Labute approximate surface area is 204 Å². The third-order valence-corrected chi connectivity index (χ3v) is 5.54. The minimum Gasteiger partial charge on any atom is -0.478 e. The molecule has 0 spiro atoms. The van der Waals surface area contributed by atoms with E-state index in [1.165, 1.54) is 30.3 Å². The van der Waals surface area contributed by atoms with E-state index in [9.17, 15) is 23.9 Å². The van der Waals surface area contributed by atoms with E-state index in [-0.39, 0.29) is 48.0 Å². The molecule has 0 radical (unpaired) electrons. The van der Waals surface area contributed by atoms with Gasteiger partial charge in [-0.2, -0.15) is 0 Å². The number of halogens is 2. The van der Waals surface area contributed by atoms with Gasteiger partial charge < -0.3 is 15.3 Å². The van der Waals surface area contributed by atoms with Gasteiger partial charge in [0.1, 0.15) is 5.82 Å². The Morgan fingerprint density at radius 1 is 1.21 bits per heavy atom. The van der Waals surface area contributed by atoms with Crippen LogP contribution in [0.3, 0.4) is 0 Å². The number of aromatic carboxylic acids is 1. The summed E-state index contributed by atoms with van der Waals surface area (Å²) in [4.78, 5) is 39.2. The maximum atomic E-state index is 14.0. The third-order valence-electron chi connectivity index (χ3n) is 5.54. The van der Waals surface area contributed by atoms with E-state index in [1.807, 2.05) is 25.1 Å². The highest BCUT2D eigenvalue weighted by Crippen LogP contribution is 2.30. The fourth-order valence-corrected chi connectivity index (χ4v) is 3.79. The second-order valence-electron chi connectivity index (χ2n) is 8.24. The fraction of sp³-hybridized carbons (Fsp3) is 0.269. The molecule has 0 atom stereocenters. The summed E-state index contributed by atoms with van der Waals surface area (Å²) in [6, 6.07) is 7.22. The number of rotatable bonds is 9. The van der Waals surface area contributed by atoms with Crippen molar-refractivity contribution in [2.24, 2.45) is 0 Å². The highest BCUT2D eigenvalue weighted by Gasteiger charge is 2.26. The van der Waals surface area contributed by atoms with E-state index in [1.54, 1.807) is 19.2 Å². The lowest BCUT2D eigenvalue weighted by Gasteiger charge is -2.19. The number of carbonyl (C=O) groups is 3.